The molecule has 0 bridgehead atoms. The van der Waals surface area contributed by atoms with Gasteiger partial charge in [0.25, 0.3) is 5.91 Å². The second-order valence-electron chi connectivity index (χ2n) is 9.95. The van der Waals surface area contributed by atoms with Gasteiger partial charge in [-0.1, -0.05) is 68.7 Å². The van der Waals surface area contributed by atoms with Crippen LogP contribution in [0.4, 0.5) is 5.13 Å². The molecule has 1 unspecified atom stereocenters. The van der Waals surface area contributed by atoms with E-state index in [0.29, 0.717) is 34.2 Å². The third-order valence-corrected chi connectivity index (χ3v) is 7.43. The number of rotatable bonds is 9. The van der Waals surface area contributed by atoms with E-state index in [9.17, 15) is 9.59 Å². The van der Waals surface area contributed by atoms with Crippen LogP contribution in [0.1, 0.15) is 78.3 Å². The van der Waals surface area contributed by atoms with Crippen LogP contribution >= 0.6 is 11.3 Å². The van der Waals surface area contributed by atoms with Gasteiger partial charge in [0, 0.05) is 6.42 Å². The first-order chi connectivity index (χ1) is 17.9. The fourth-order valence-electron chi connectivity index (χ4n) is 4.66. The predicted octanol–water partition coefficient (Wildman–Crippen LogP) is 6.47. The summed E-state index contributed by atoms with van der Waals surface area (Å²) in [5.74, 6) is 0.843. The van der Waals surface area contributed by atoms with Crippen molar-refractivity contribution in [1.29, 1.82) is 0 Å². The highest BCUT2D eigenvalue weighted by molar-refractivity contribution is 7.15. The molecule has 0 saturated heterocycles. The summed E-state index contributed by atoms with van der Waals surface area (Å²) in [4.78, 5) is 29.1. The molecule has 0 aliphatic carbocycles. The Balaban J connectivity index is 1.60. The molecule has 1 atom stereocenters. The third-order valence-electron chi connectivity index (χ3n) is 6.48. The van der Waals surface area contributed by atoms with Crippen LogP contribution in [0.25, 0.3) is 11.0 Å². The van der Waals surface area contributed by atoms with Crippen LogP contribution in [0.2, 0.25) is 0 Å². The third kappa shape index (κ3) is 4.90. The Bertz CT molecular complexity index is 1490. The van der Waals surface area contributed by atoms with Gasteiger partial charge in [-0.05, 0) is 49.1 Å². The molecule has 0 N–H and O–H groups in total. The van der Waals surface area contributed by atoms with Crippen LogP contribution in [-0.2, 0) is 6.42 Å². The van der Waals surface area contributed by atoms with Crippen LogP contribution in [0, 0.1) is 12.8 Å². The molecule has 2 aromatic heterocycles. The molecule has 3 heterocycles. The SMILES string of the molecule is CCCCCOc1ccc(C2c3c(oc4ccc(C)cc4c3=O)C(=O)N2c2nnc(CC(C)C)s2)cc1. The van der Waals surface area contributed by atoms with E-state index in [0.717, 1.165) is 47.6 Å². The molecule has 1 aliphatic heterocycles. The van der Waals surface area contributed by atoms with Crippen molar-refractivity contribution in [2.75, 3.05) is 11.5 Å². The first-order valence-corrected chi connectivity index (χ1v) is 13.6. The van der Waals surface area contributed by atoms with Crippen molar-refractivity contribution in [2.45, 2.75) is 59.4 Å². The second kappa shape index (κ2) is 10.5. The zero-order chi connectivity index (χ0) is 26.1. The molecule has 0 fully saturated rings. The molecular formula is C29H31N3O4S. The smallest absolute Gasteiger partial charge is 0.297 e. The highest BCUT2D eigenvalue weighted by Gasteiger charge is 2.45. The quantitative estimate of drug-likeness (QED) is 0.237. The van der Waals surface area contributed by atoms with E-state index in [1.165, 1.54) is 11.3 Å². The summed E-state index contributed by atoms with van der Waals surface area (Å²) < 4.78 is 11.9. The van der Waals surface area contributed by atoms with Gasteiger partial charge >= 0.3 is 0 Å². The lowest BCUT2D eigenvalue weighted by Crippen LogP contribution is -2.29. The van der Waals surface area contributed by atoms with Crippen molar-refractivity contribution < 1.29 is 13.9 Å². The van der Waals surface area contributed by atoms with Crippen LogP contribution in [0.15, 0.2) is 51.7 Å². The van der Waals surface area contributed by atoms with Crippen LogP contribution in [-0.4, -0.2) is 22.7 Å². The summed E-state index contributed by atoms with van der Waals surface area (Å²) in [5.41, 5.74) is 2.27. The number of unbranched alkanes of at least 4 members (excludes halogenated alkanes) is 2. The highest BCUT2D eigenvalue weighted by Crippen LogP contribution is 2.42. The Morgan fingerprint density at radius 2 is 1.86 bits per heavy atom. The Morgan fingerprint density at radius 1 is 1.08 bits per heavy atom. The van der Waals surface area contributed by atoms with Crippen LogP contribution < -0.4 is 15.1 Å². The molecule has 192 valence electrons. The Kier molecular flexibility index (Phi) is 7.11. The number of benzene rings is 2. The van der Waals surface area contributed by atoms with E-state index < -0.39 is 6.04 Å². The lowest BCUT2D eigenvalue weighted by molar-refractivity contribution is 0.0970. The first kappa shape index (κ1) is 25.1. The van der Waals surface area contributed by atoms with Crippen LogP contribution in [0.5, 0.6) is 5.75 Å². The molecule has 0 spiro atoms. The zero-order valence-corrected chi connectivity index (χ0v) is 22.4. The molecule has 8 heteroatoms. The molecule has 0 radical (unpaired) electrons. The van der Waals surface area contributed by atoms with Crippen molar-refractivity contribution >= 4 is 33.3 Å². The molecule has 37 heavy (non-hydrogen) atoms. The maximum absolute atomic E-state index is 13.8. The number of nitrogens with zero attached hydrogens (tertiary/aromatic N) is 3. The van der Waals surface area contributed by atoms with Gasteiger partial charge in [0.15, 0.2) is 5.43 Å². The topological polar surface area (TPSA) is 85.5 Å². The monoisotopic (exact) mass is 517 g/mol. The number of hydrogen-bond acceptors (Lipinski definition) is 7. The lowest BCUT2D eigenvalue weighted by atomic mass is 9.98. The van der Waals surface area contributed by atoms with E-state index in [4.69, 9.17) is 9.15 Å². The number of aromatic nitrogens is 2. The number of carbonyl (C=O) groups is 1. The fourth-order valence-corrected chi connectivity index (χ4v) is 5.74. The van der Waals surface area contributed by atoms with E-state index in [1.54, 1.807) is 11.0 Å². The van der Waals surface area contributed by atoms with Crippen molar-refractivity contribution in [3.63, 3.8) is 0 Å². The Labute approximate surface area is 220 Å². The number of carbonyl (C=O) groups excluding carboxylic acids is 1. The van der Waals surface area contributed by atoms with Gasteiger partial charge in [0.1, 0.15) is 16.3 Å². The van der Waals surface area contributed by atoms with E-state index in [-0.39, 0.29) is 17.1 Å². The van der Waals surface area contributed by atoms with Crippen molar-refractivity contribution in [1.82, 2.24) is 10.2 Å². The first-order valence-electron chi connectivity index (χ1n) is 12.8. The molecule has 2 aromatic carbocycles. The predicted molar refractivity (Wildman–Crippen MR) is 146 cm³/mol. The van der Waals surface area contributed by atoms with E-state index in [1.807, 2.05) is 43.3 Å². The maximum Gasteiger partial charge on any atom is 0.297 e. The summed E-state index contributed by atoms with van der Waals surface area (Å²) >= 11 is 1.38. The van der Waals surface area contributed by atoms with Crippen molar-refractivity contribution in [3.8, 4) is 5.75 Å². The van der Waals surface area contributed by atoms with Gasteiger partial charge in [-0.25, -0.2) is 0 Å². The van der Waals surface area contributed by atoms with Gasteiger partial charge in [0.05, 0.1) is 23.6 Å². The minimum Gasteiger partial charge on any atom is -0.494 e. The number of hydrogen-bond donors (Lipinski definition) is 0. The lowest BCUT2D eigenvalue weighted by Gasteiger charge is -2.22. The van der Waals surface area contributed by atoms with Crippen molar-refractivity contribution in [3.05, 3.63) is 80.1 Å². The molecule has 5 rings (SSSR count). The Hall–Kier alpha value is -3.52. The van der Waals surface area contributed by atoms with E-state index in [2.05, 4.69) is 31.0 Å². The molecule has 1 aliphatic rings. The largest absolute Gasteiger partial charge is 0.494 e. The molecule has 4 aromatic rings. The summed E-state index contributed by atoms with van der Waals surface area (Å²) in [6.07, 6.45) is 4.02. The second-order valence-corrected chi connectivity index (χ2v) is 11.0. The van der Waals surface area contributed by atoms with Crippen molar-refractivity contribution in [2.24, 2.45) is 5.92 Å². The molecule has 1 amide bonds. The van der Waals surface area contributed by atoms with Gasteiger partial charge < -0.3 is 9.15 Å². The number of aryl methyl sites for hydroxylation is 1. The summed E-state index contributed by atoms with van der Waals surface area (Å²) in [6.45, 7) is 8.97. The van der Waals surface area contributed by atoms with Gasteiger partial charge in [0.2, 0.25) is 10.9 Å². The maximum atomic E-state index is 13.8. The van der Waals surface area contributed by atoms with Gasteiger partial charge in [-0.3, -0.25) is 14.5 Å². The minimum absolute atomic E-state index is 0.0619. The average Bonchev–Trinajstić information content (AvgIpc) is 3.44. The molecule has 7 nitrogen and oxygen atoms in total. The summed E-state index contributed by atoms with van der Waals surface area (Å²) in [7, 11) is 0. The molecule has 0 saturated carbocycles. The summed E-state index contributed by atoms with van der Waals surface area (Å²) in [6, 6.07) is 12.3. The van der Waals surface area contributed by atoms with Crippen LogP contribution in [0.3, 0.4) is 0 Å². The normalized spacial score (nSPS) is 15.1. The Morgan fingerprint density at radius 3 is 2.59 bits per heavy atom. The van der Waals surface area contributed by atoms with E-state index >= 15 is 0 Å². The number of ether oxygens (including phenoxy) is 1. The number of anilines is 1. The fraction of sp³-hybridized carbons (Fsp3) is 0.379. The number of fused-ring (bicyclic) bond motifs is 2. The summed E-state index contributed by atoms with van der Waals surface area (Å²) in [5, 5.41) is 10.4. The zero-order valence-electron chi connectivity index (χ0n) is 21.6. The minimum atomic E-state index is -0.669. The standard InChI is InChI=1S/C29H31N3O4S/c1-5-6-7-14-35-20-11-9-19(10-12-20)25-24-26(33)21-16-18(4)8-13-22(21)36-27(24)28(34)32(25)29-31-30-23(37-29)15-17(2)3/h8-13,16-17,25H,5-7,14-15H2,1-4H3. The number of amides is 1. The van der Waals surface area contributed by atoms with Gasteiger partial charge in [-0.15, -0.1) is 10.2 Å². The van der Waals surface area contributed by atoms with Gasteiger partial charge in [-0.2, -0.15) is 0 Å². The highest BCUT2D eigenvalue weighted by atomic mass is 32.1. The average molecular weight is 518 g/mol. The molecular weight excluding hydrogens is 486 g/mol.